The zero-order chi connectivity index (χ0) is 15.9. The molecule has 0 spiro atoms. The van der Waals surface area contributed by atoms with Crippen LogP contribution in [0.25, 0.3) is 11.1 Å². The monoisotopic (exact) mass is 304 g/mol. The fourth-order valence-corrected chi connectivity index (χ4v) is 3.68. The van der Waals surface area contributed by atoms with Gasteiger partial charge >= 0.3 is 0 Å². The van der Waals surface area contributed by atoms with Crippen molar-refractivity contribution in [3.8, 4) is 11.1 Å². The number of benzene rings is 3. The van der Waals surface area contributed by atoms with E-state index in [9.17, 15) is 0 Å². The van der Waals surface area contributed by atoms with Crippen LogP contribution in [-0.2, 0) is 10.3 Å². The Morgan fingerprint density at radius 2 is 1.22 bits per heavy atom. The third-order valence-electron chi connectivity index (χ3n) is 4.72. The Hall–Kier alpha value is -2.45. The van der Waals surface area contributed by atoms with Crippen LogP contribution in [0.15, 0.2) is 78.9 Å². The Balaban J connectivity index is 2.01. The van der Waals surface area contributed by atoms with Gasteiger partial charge in [-0.3, -0.25) is 0 Å². The molecule has 1 nitrogen and oxygen atoms in total. The first-order valence-corrected chi connectivity index (χ1v) is 7.72. The molecule has 1 unspecified atom stereocenters. The van der Waals surface area contributed by atoms with Crippen LogP contribution >= 0.6 is 0 Å². The molecule has 4 rings (SSSR count). The lowest BCUT2D eigenvalue weighted by atomic mass is 9.83. The van der Waals surface area contributed by atoms with Crippen molar-refractivity contribution in [2.24, 2.45) is 0 Å². The van der Waals surface area contributed by atoms with Gasteiger partial charge in [-0.25, -0.2) is 4.39 Å². The molecule has 1 aliphatic carbocycles. The minimum Gasteiger partial charge on any atom is -0.365 e. The van der Waals surface area contributed by atoms with Crippen molar-refractivity contribution in [2.75, 3.05) is 7.11 Å². The van der Waals surface area contributed by atoms with Gasteiger partial charge in [0.25, 0.3) is 0 Å². The van der Waals surface area contributed by atoms with Crippen LogP contribution in [0, 0.1) is 0 Å². The van der Waals surface area contributed by atoms with Crippen molar-refractivity contribution in [3.63, 3.8) is 0 Å². The zero-order valence-electron chi connectivity index (χ0n) is 12.9. The van der Waals surface area contributed by atoms with Gasteiger partial charge in [0, 0.05) is 7.11 Å². The van der Waals surface area contributed by atoms with Crippen LogP contribution in [-0.4, -0.2) is 7.11 Å². The first-order valence-electron chi connectivity index (χ1n) is 7.72. The molecule has 23 heavy (non-hydrogen) atoms. The summed E-state index contributed by atoms with van der Waals surface area (Å²) in [5.41, 5.74) is 3.39. The molecule has 0 fully saturated rings. The fourth-order valence-electron chi connectivity index (χ4n) is 3.68. The standard InChI is InChI=1S/C21H17FO/c1-23-21(20(22)15-9-3-2-4-10-15)18-13-7-5-11-16(18)17-12-6-8-14-19(17)21/h2-14,20H,1H3. The van der Waals surface area contributed by atoms with Crippen LogP contribution in [0.4, 0.5) is 4.39 Å². The molecule has 0 saturated heterocycles. The summed E-state index contributed by atoms with van der Waals surface area (Å²) < 4.78 is 21.6. The minimum atomic E-state index is -1.28. The van der Waals surface area contributed by atoms with Crippen molar-refractivity contribution in [1.29, 1.82) is 0 Å². The van der Waals surface area contributed by atoms with Gasteiger partial charge in [0.15, 0.2) is 11.8 Å². The second kappa shape index (κ2) is 5.32. The largest absolute Gasteiger partial charge is 0.365 e. The topological polar surface area (TPSA) is 9.23 Å². The van der Waals surface area contributed by atoms with Crippen molar-refractivity contribution in [1.82, 2.24) is 0 Å². The summed E-state index contributed by atoms with van der Waals surface area (Å²) in [5, 5.41) is 0. The number of hydrogen-bond acceptors (Lipinski definition) is 1. The minimum absolute atomic E-state index is 0.626. The molecule has 0 heterocycles. The van der Waals surface area contributed by atoms with Gasteiger partial charge in [-0.1, -0.05) is 78.9 Å². The quantitative estimate of drug-likeness (QED) is 0.640. The summed E-state index contributed by atoms with van der Waals surface area (Å²) in [6.07, 6.45) is -1.28. The lowest BCUT2D eigenvalue weighted by molar-refractivity contribution is -0.0420. The summed E-state index contributed by atoms with van der Waals surface area (Å²) >= 11 is 0. The maximum atomic E-state index is 15.7. The predicted octanol–water partition coefficient (Wildman–Crippen LogP) is 5.27. The fraction of sp³-hybridized carbons (Fsp3) is 0.143. The molecule has 0 aromatic heterocycles. The first kappa shape index (κ1) is 14.2. The van der Waals surface area contributed by atoms with E-state index in [1.807, 2.05) is 78.9 Å². The van der Waals surface area contributed by atoms with Gasteiger partial charge < -0.3 is 4.74 Å². The maximum Gasteiger partial charge on any atom is 0.162 e. The van der Waals surface area contributed by atoms with Gasteiger partial charge in [0.05, 0.1) is 0 Å². The SMILES string of the molecule is COC1(C(F)c2ccccc2)c2ccccc2-c2ccccc21. The molecule has 0 saturated carbocycles. The third-order valence-corrected chi connectivity index (χ3v) is 4.72. The summed E-state index contributed by atoms with van der Waals surface area (Å²) in [5.74, 6) is 0. The Kier molecular flexibility index (Phi) is 3.28. The number of fused-ring (bicyclic) bond motifs is 3. The van der Waals surface area contributed by atoms with Crippen LogP contribution in [0.3, 0.4) is 0 Å². The molecule has 0 radical (unpaired) electrons. The summed E-state index contributed by atoms with van der Waals surface area (Å²) in [7, 11) is 1.59. The van der Waals surface area contributed by atoms with E-state index in [0.717, 1.165) is 22.3 Å². The smallest absolute Gasteiger partial charge is 0.162 e. The molecule has 0 bridgehead atoms. The van der Waals surface area contributed by atoms with E-state index in [4.69, 9.17) is 4.74 Å². The summed E-state index contributed by atoms with van der Waals surface area (Å²) in [4.78, 5) is 0. The van der Waals surface area contributed by atoms with E-state index < -0.39 is 11.8 Å². The molecule has 3 aromatic rings. The van der Waals surface area contributed by atoms with E-state index in [2.05, 4.69) is 0 Å². The average molecular weight is 304 g/mol. The Morgan fingerprint density at radius 3 is 1.74 bits per heavy atom. The van der Waals surface area contributed by atoms with E-state index in [1.54, 1.807) is 7.11 Å². The van der Waals surface area contributed by atoms with Gasteiger partial charge in [0.1, 0.15) is 0 Å². The van der Waals surface area contributed by atoms with Crippen molar-refractivity contribution >= 4 is 0 Å². The third kappa shape index (κ3) is 1.88. The second-order valence-corrected chi connectivity index (χ2v) is 5.80. The molecule has 0 aliphatic heterocycles. The van der Waals surface area contributed by atoms with Gasteiger partial charge in [-0.15, -0.1) is 0 Å². The molecule has 0 N–H and O–H groups in total. The van der Waals surface area contributed by atoms with Crippen molar-refractivity contribution in [2.45, 2.75) is 11.8 Å². The Labute approximate surface area is 135 Å². The van der Waals surface area contributed by atoms with Gasteiger partial charge in [-0.2, -0.15) is 0 Å². The predicted molar refractivity (Wildman–Crippen MR) is 90.0 cm³/mol. The molecular formula is C21H17FO. The van der Waals surface area contributed by atoms with Crippen LogP contribution < -0.4 is 0 Å². The number of ether oxygens (including phenoxy) is 1. The second-order valence-electron chi connectivity index (χ2n) is 5.80. The van der Waals surface area contributed by atoms with Gasteiger partial charge in [0.2, 0.25) is 0 Å². The molecule has 2 heteroatoms. The number of hydrogen-bond donors (Lipinski definition) is 0. The number of halogens is 1. The lowest BCUT2D eigenvalue weighted by Crippen LogP contribution is -2.33. The Morgan fingerprint density at radius 1 is 0.739 bits per heavy atom. The van der Waals surface area contributed by atoms with Crippen molar-refractivity contribution < 1.29 is 9.13 Å². The van der Waals surface area contributed by atoms with Crippen LogP contribution in [0.1, 0.15) is 22.9 Å². The number of rotatable bonds is 3. The Bertz CT molecular complexity index is 796. The van der Waals surface area contributed by atoms with Crippen LogP contribution in [0.2, 0.25) is 0 Å². The first-order chi connectivity index (χ1) is 11.3. The van der Waals surface area contributed by atoms with Crippen molar-refractivity contribution in [3.05, 3.63) is 95.6 Å². The summed E-state index contributed by atoms with van der Waals surface area (Å²) in [6, 6.07) is 25.1. The highest BCUT2D eigenvalue weighted by Gasteiger charge is 2.50. The average Bonchev–Trinajstić information content (AvgIpc) is 2.93. The molecule has 3 aromatic carbocycles. The lowest BCUT2D eigenvalue weighted by Gasteiger charge is -2.34. The van der Waals surface area contributed by atoms with E-state index in [1.165, 1.54) is 0 Å². The molecule has 0 amide bonds. The maximum absolute atomic E-state index is 15.7. The number of alkyl halides is 1. The van der Waals surface area contributed by atoms with E-state index >= 15 is 4.39 Å². The molecular weight excluding hydrogens is 287 g/mol. The molecule has 114 valence electrons. The summed E-state index contributed by atoms with van der Waals surface area (Å²) in [6.45, 7) is 0. The highest BCUT2D eigenvalue weighted by molar-refractivity contribution is 5.80. The van der Waals surface area contributed by atoms with Gasteiger partial charge in [-0.05, 0) is 27.8 Å². The number of methoxy groups -OCH3 is 1. The highest BCUT2D eigenvalue weighted by atomic mass is 19.1. The molecule has 1 atom stereocenters. The molecule has 1 aliphatic rings. The highest BCUT2D eigenvalue weighted by Crippen LogP contribution is 2.56. The van der Waals surface area contributed by atoms with E-state index in [-0.39, 0.29) is 0 Å². The zero-order valence-corrected chi connectivity index (χ0v) is 12.9. The van der Waals surface area contributed by atoms with E-state index in [0.29, 0.717) is 5.56 Å². The van der Waals surface area contributed by atoms with Crippen LogP contribution in [0.5, 0.6) is 0 Å². The normalized spacial score (nSPS) is 15.7.